The van der Waals surface area contributed by atoms with Crippen LogP contribution in [0.4, 0.5) is 13.2 Å². The van der Waals surface area contributed by atoms with E-state index in [9.17, 15) is 18.0 Å². The lowest BCUT2D eigenvalue weighted by Gasteiger charge is -2.38. The summed E-state index contributed by atoms with van der Waals surface area (Å²) >= 11 is 0. The number of carboxylic acids is 1. The Morgan fingerprint density at radius 2 is 2.00 bits per heavy atom. The van der Waals surface area contributed by atoms with E-state index in [0.717, 1.165) is 19.3 Å². The molecule has 0 amide bonds. The normalized spacial score (nSPS) is 19.1. The van der Waals surface area contributed by atoms with Crippen LogP contribution in [0.5, 0.6) is 0 Å². The van der Waals surface area contributed by atoms with Crippen LogP contribution in [0.25, 0.3) is 0 Å². The van der Waals surface area contributed by atoms with Crippen molar-refractivity contribution in [1.29, 1.82) is 0 Å². The molecule has 7 heteroatoms. The van der Waals surface area contributed by atoms with Crippen LogP contribution in [0.1, 0.15) is 19.3 Å². The summed E-state index contributed by atoms with van der Waals surface area (Å²) in [7, 11) is 0. The summed E-state index contributed by atoms with van der Waals surface area (Å²) in [6, 6.07) is -0.0219. The Kier molecular flexibility index (Phi) is 4.76. The van der Waals surface area contributed by atoms with Gasteiger partial charge in [0.25, 0.3) is 0 Å². The minimum absolute atomic E-state index is 0.0219. The first-order valence-electron chi connectivity index (χ1n) is 5.50. The first kappa shape index (κ1) is 14.2. The molecule has 4 nitrogen and oxygen atoms in total. The first-order valence-corrected chi connectivity index (χ1v) is 5.50. The molecular formula is C10H16F3NO3. The fraction of sp³-hybridized carbons (Fsp3) is 0.900. The SMILES string of the molecule is O=C(O)C(CN(CCO)C1CCC1)C(F)(F)F. The number of aliphatic hydroxyl groups is 1. The van der Waals surface area contributed by atoms with Crippen molar-refractivity contribution in [2.75, 3.05) is 19.7 Å². The average Bonchev–Trinajstić information content (AvgIpc) is 2.08. The van der Waals surface area contributed by atoms with E-state index in [1.807, 2.05) is 0 Å². The van der Waals surface area contributed by atoms with E-state index in [-0.39, 0.29) is 19.2 Å². The molecular weight excluding hydrogens is 239 g/mol. The third-order valence-corrected chi connectivity index (χ3v) is 3.09. The highest BCUT2D eigenvalue weighted by Crippen LogP contribution is 2.31. The quantitative estimate of drug-likeness (QED) is 0.746. The Balaban J connectivity index is 2.64. The Labute approximate surface area is 97.0 Å². The van der Waals surface area contributed by atoms with Gasteiger partial charge in [-0.05, 0) is 12.8 Å². The number of rotatable bonds is 6. The molecule has 1 rings (SSSR count). The van der Waals surface area contributed by atoms with Crippen molar-refractivity contribution in [2.24, 2.45) is 5.92 Å². The molecule has 2 N–H and O–H groups in total. The fourth-order valence-corrected chi connectivity index (χ4v) is 1.86. The van der Waals surface area contributed by atoms with Crippen molar-refractivity contribution in [3.8, 4) is 0 Å². The van der Waals surface area contributed by atoms with Gasteiger partial charge in [0.15, 0.2) is 5.92 Å². The maximum atomic E-state index is 12.5. The Bertz CT molecular complexity index is 266. The van der Waals surface area contributed by atoms with E-state index in [4.69, 9.17) is 10.2 Å². The van der Waals surface area contributed by atoms with Crippen LogP contribution >= 0.6 is 0 Å². The standard InChI is InChI=1S/C10H16F3NO3/c11-10(12,13)8(9(16)17)6-14(4-5-15)7-2-1-3-7/h7-8,15H,1-6H2,(H,16,17). The Morgan fingerprint density at radius 3 is 2.29 bits per heavy atom. The lowest BCUT2D eigenvalue weighted by atomic mass is 9.90. The van der Waals surface area contributed by atoms with E-state index < -0.39 is 24.6 Å². The summed E-state index contributed by atoms with van der Waals surface area (Å²) in [6.45, 7) is -0.755. The second-order valence-electron chi connectivity index (χ2n) is 4.24. The van der Waals surface area contributed by atoms with Crippen LogP contribution in [-0.4, -0.2) is 53.0 Å². The number of nitrogens with zero attached hydrogens (tertiary/aromatic N) is 1. The van der Waals surface area contributed by atoms with Crippen molar-refractivity contribution >= 4 is 5.97 Å². The highest BCUT2D eigenvalue weighted by atomic mass is 19.4. The van der Waals surface area contributed by atoms with Crippen molar-refractivity contribution in [2.45, 2.75) is 31.5 Å². The molecule has 1 saturated carbocycles. The number of carbonyl (C=O) groups is 1. The molecule has 0 heterocycles. The molecule has 17 heavy (non-hydrogen) atoms. The number of hydrogen-bond donors (Lipinski definition) is 2. The lowest BCUT2D eigenvalue weighted by molar-refractivity contribution is -0.198. The summed E-state index contributed by atoms with van der Waals surface area (Å²) in [5, 5.41) is 17.4. The van der Waals surface area contributed by atoms with Crippen LogP contribution in [-0.2, 0) is 4.79 Å². The third-order valence-electron chi connectivity index (χ3n) is 3.09. The van der Waals surface area contributed by atoms with Gasteiger partial charge in [-0.15, -0.1) is 0 Å². The predicted molar refractivity (Wildman–Crippen MR) is 53.5 cm³/mol. The average molecular weight is 255 g/mol. The summed E-state index contributed by atoms with van der Waals surface area (Å²) in [6.07, 6.45) is -2.27. The number of aliphatic carboxylic acids is 1. The van der Waals surface area contributed by atoms with Crippen molar-refractivity contribution in [3.63, 3.8) is 0 Å². The molecule has 0 aliphatic heterocycles. The van der Waals surface area contributed by atoms with Crippen LogP contribution in [0.15, 0.2) is 0 Å². The monoisotopic (exact) mass is 255 g/mol. The number of hydrogen-bond acceptors (Lipinski definition) is 3. The smallest absolute Gasteiger partial charge is 0.403 e. The summed E-state index contributed by atoms with van der Waals surface area (Å²) in [5.74, 6) is -4.24. The van der Waals surface area contributed by atoms with Gasteiger partial charge in [0.2, 0.25) is 0 Å². The minimum Gasteiger partial charge on any atom is -0.481 e. The third kappa shape index (κ3) is 3.85. The number of halogens is 3. The maximum absolute atomic E-state index is 12.5. The zero-order valence-electron chi connectivity index (χ0n) is 9.28. The minimum atomic E-state index is -4.75. The first-order chi connectivity index (χ1) is 7.86. The molecule has 1 aliphatic rings. The molecule has 1 aliphatic carbocycles. The lowest BCUT2D eigenvalue weighted by Crippen LogP contribution is -2.48. The Morgan fingerprint density at radius 1 is 1.41 bits per heavy atom. The largest absolute Gasteiger partial charge is 0.481 e. The number of carboxylic acid groups (broad SMARTS) is 1. The van der Waals surface area contributed by atoms with Gasteiger partial charge in [-0.3, -0.25) is 9.69 Å². The molecule has 100 valence electrons. The molecule has 1 fully saturated rings. The fourth-order valence-electron chi connectivity index (χ4n) is 1.86. The van der Waals surface area contributed by atoms with Gasteiger partial charge < -0.3 is 10.2 Å². The van der Waals surface area contributed by atoms with Crippen molar-refractivity contribution in [1.82, 2.24) is 4.90 Å². The van der Waals surface area contributed by atoms with Gasteiger partial charge in [-0.1, -0.05) is 6.42 Å². The maximum Gasteiger partial charge on any atom is 0.403 e. The highest BCUT2D eigenvalue weighted by Gasteiger charge is 2.46. The van der Waals surface area contributed by atoms with Gasteiger partial charge in [0.05, 0.1) is 6.61 Å². The van der Waals surface area contributed by atoms with E-state index in [1.54, 1.807) is 0 Å². The van der Waals surface area contributed by atoms with Gasteiger partial charge in [0, 0.05) is 19.1 Å². The van der Waals surface area contributed by atoms with E-state index >= 15 is 0 Å². The second-order valence-corrected chi connectivity index (χ2v) is 4.24. The van der Waals surface area contributed by atoms with Gasteiger partial charge >= 0.3 is 12.1 Å². The molecule has 0 saturated heterocycles. The summed E-state index contributed by atoms with van der Waals surface area (Å²) in [4.78, 5) is 12.0. The summed E-state index contributed by atoms with van der Waals surface area (Å²) < 4.78 is 37.5. The zero-order chi connectivity index (χ0) is 13.1. The van der Waals surface area contributed by atoms with E-state index in [1.165, 1.54) is 4.90 Å². The zero-order valence-corrected chi connectivity index (χ0v) is 9.28. The number of alkyl halides is 3. The van der Waals surface area contributed by atoms with Crippen LogP contribution in [0, 0.1) is 5.92 Å². The molecule has 1 atom stereocenters. The highest BCUT2D eigenvalue weighted by molar-refractivity contribution is 5.71. The molecule has 0 aromatic rings. The summed E-state index contributed by atoms with van der Waals surface area (Å²) in [5.41, 5.74) is 0. The van der Waals surface area contributed by atoms with Crippen molar-refractivity contribution in [3.05, 3.63) is 0 Å². The van der Waals surface area contributed by atoms with Gasteiger partial charge in [-0.2, -0.15) is 13.2 Å². The van der Waals surface area contributed by atoms with E-state index in [2.05, 4.69) is 0 Å². The van der Waals surface area contributed by atoms with Crippen molar-refractivity contribution < 1.29 is 28.2 Å². The molecule has 0 spiro atoms. The van der Waals surface area contributed by atoms with E-state index in [0.29, 0.717) is 0 Å². The second kappa shape index (κ2) is 5.68. The predicted octanol–water partition coefficient (Wildman–Crippen LogP) is 1.10. The molecule has 0 aromatic heterocycles. The van der Waals surface area contributed by atoms with Crippen LogP contribution in [0.3, 0.4) is 0 Å². The molecule has 0 radical (unpaired) electrons. The molecule has 1 unspecified atom stereocenters. The van der Waals surface area contributed by atoms with Gasteiger partial charge in [-0.25, -0.2) is 0 Å². The van der Waals surface area contributed by atoms with Gasteiger partial charge in [0.1, 0.15) is 0 Å². The molecule has 0 aromatic carbocycles. The Hall–Kier alpha value is -0.820. The number of aliphatic hydroxyl groups excluding tert-OH is 1. The van der Waals surface area contributed by atoms with Crippen LogP contribution in [0.2, 0.25) is 0 Å². The molecule has 0 bridgehead atoms. The van der Waals surface area contributed by atoms with Crippen LogP contribution < -0.4 is 0 Å². The topological polar surface area (TPSA) is 60.8 Å².